The summed E-state index contributed by atoms with van der Waals surface area (Å²) >= 11 is 0. The highest BCUT2D eigenvalue weighted by atomic mass is 32.2. The Labute approximate surface area is 377 Å². The van der Waals surface area contributed by atoms with Crippen LogP contribution in [0, 0.1) is 13.8 Å². The third-order valence-corrected chi connectivity index (χ3v) is 15.7. The lowest BCUT2D eigenvalue weighted by molar-refractivity contribution is 0.447. The van der Waals surface area contributed by atoms with Gasteiger partial charge in [-0.25, -0.2) is 8.42 Å². The molecule has 63 heavy (non-hydrogen) atoms. The smallest absolute Gasteiger partial charge is 0.339 e. The molecule has 0 N–H and O–H groups in total. The Balaban J connectivity index is 0.000000238. The van der Waals surface area contributed by atoms with Crippen LogP contribution in [0.4, 0.5) is 0 Å². The quantitative estimate of drug-likeness (QED) is 0.0745. The van der Waals surface area contributed by atoms with Gasteiger partial charge in [0, 0.05) is 6.07 Å². The lowest BCUT2D eigenvalue weighted by Gasteiger charge is -2.21. The van der Waals surface area contributed by atoms with Gasteiger partial charge in [0.2, 0.25) is 0 Å². The second-order valence-electron chi connectivity index (χ2n) is 18.4. The Morgan fingerprint density at radius 2 is 0.746 bits per heavy atom. The molecule has 0 spiro atoms. The number of hydrogen-bond donors (Lipinski definition) is 0. The largest absolute Gasteiger partial charge is 0.744 e. The third kappa shape index (κ3) is 12.9. The zero-order valence-electron chi connectivity index (χ0n) is 37.6. The van der Waals surface area contributed by atoms with Crippen molar-refractivity contribution >= 4 is 41.2 Å². The van der Waals surface area contributed by atoms with Gasteiger partial charge in [-0.3, -0.25) is 0 Å². The highest BCUT2D eigenvalue weighted by Gasteiger charge is 2.31. The molecule has 0 aliphatic carbocycles. The van der Waals surface area contributed by atoms with Gasteiger partial charge in [-0.15, -0.1) is 0 Å². The van der Waals surface area contributed by atoms with Crippen LogP contribution >= 0.6 is 0 Å². The number of aryl methyl sites for hydroxylation is 2. The SMILES string of the molecule is CC(C)(C)c1ccc([S+](c2ccc(C(C)(C)C)cc2)c2ccc(C(C)(C)C)cc2)cc1.Cc1ccc(S(=O)(=O)Oc2ccc(OS(=O)(=O)c3ccc(C)cc3)c(S(=O)(=O)[O-])c2)cc1. The molecule has 0 aliphatic rings. The maximum Gasteiger partial charge on any atom is 0.339 e. The van der Waals surface area contributed by atoms with E-state index in [2.05, 4.69) is 135 Å². The minimum atomic E-state index is -5.26. The molecule has 0 radical (unpaired) electrons. The topological polar surface area (TPSA) is 144 Å². The molecule has 0 heterocycles. The molecule has 0 saturated heterocycles. The fourth-order valence-electron chi connectivity index (χ4n) is 6.24. The van der Waals surface area contributed by atoms with Gasteiger partial charge in [-0.2, -0.15) is 16.8 Å². The summed E-state index contributed by atoms with van der Waals surface area (Å²) in [7, 11) is -14.2. The Hall–Kier alpha value is -4.92. The van der Waals surface area contributed by atoms with Crippen LogP contribution < -0.4 is 8.37 Å². The minimum Gasteiger partial charge on any atom is -0.744 e. The molecule has 0 aliphatic heterocycles. The highest BCUT2D eigenvalue weighted by molar-refractivity contribution is 7.97. The molecule has 6 rings (SSSR count). The fraction of sp³-hybridized carbons (Fsp3) is 0.280. The maximum atomic E-state index is 12.5. The molecule has 9 nitrogen and oxygen atoms in total. The monoisotopic (exact) mass is 928 g/mol. The van der Waals surface area contributed by atoms with Gasteiger partial charge in [0.15, 0.2) is 20.4 Å². The standard InChI is InChI=1S/C30H39S.C20H18O9S3/c1-28(2,3)22-10-16-25(17-11-22)31(26-18-12-23(13-19-26)29(4,5)6)27-20-14-24(15-21-27)30(7,8)9;1-14-3-8-17(9-4-14)31(24,25)28-16-7-12-19(20(13-16)30(21,22)23)29-32(26,27)18-10-5-15(2)6-11-18/h10-21H,1-9H3;3-13H,1-2H3,(H,21,22,23)/q+1;/p-1. The van der Waals surface area contributed by atoms with Crippen LogP contribution in [-0.4, -0.2) is 29.8 Å². The first-order valence-corrected chi connectivity index (χ1v) is 25.7. The number of hydrogen-bond acceptors (Lipinski definition) is 9. The van der Waals surface area contributed by atoms with E-state index in [0.717, 1.165) is 23.3 Å². The molecule has 0 fully saturated rings. The van der Waals surface area contributed by atoms with Crippen LogP contribution in [0.1, 0.15) is 90.1 Å². The van der Waals surface area contributed by atoms with Gasteiger partial charge in [-0.1, -0.05) is 134 Å². The normalized spacial score (nSPS) is 12.7. The van der Waals surface area contributed by atoms with Gasteiger partial charge >= 0.3 is 20.2 Å². The zero-order valence-corrected chi connectivity index (χ0v) is 40.9. The van der Waals surface area contributed by atoms with Crippen molar-refractivity contribution in [2.45, 2.75) is 122 Å². The van der Waals surface area contributed by atoms with E-state index >= 15 is 0 Å². The lowest BCUT2D eigenvalue weighted by Crippen LogP contribution is -2.14. The summed E-state index contributed by atoms with van der Waals surface area (Å²) in [6.45, 7) is 24.0. The molecule has 334 valence electrons. The highest BCUT2D eigenvalue weighted by Crippen LogP contribution is 2.36. The van der Waals surface area contributed by atoms with Crippen LogP contribution in [0.3, 0.4) is 0 Å². The van der Waals surface area contributed by atoms with E-state index in [4.69, 9.17) is 8.37 Å². The molecular formula is C50H56O9S4. The van der Waals surface area contributed by atoms with Crippen molar-refractivity contribution in [1.29, 1.82) is 0 Å². The summed E-state index contributed by atoms with van der Waals surface area (Å²) in [6.07, 6.45) is 0. The van der Waals surface area contributed by atoms with E-state index in [1.165, 1.54) is 79.9 Å². The Morgan fingerprint density at radius 1 is 0.429 bits per heavy atom. The number of rotatable bonds is 10. The Kier molecular flexibility index (Phi) is 14.5. The van der Waals surface area contributed by atoms with Crippen molar-refractivity contribution in [2.24, 2.45) is 0 Å². The van der Waals surface area contributed by atoms with Crippen molar-refractivity contribution in [3.63, 3.8) is 0 Å². The summed E-state index contributed by atoms with van der Waals surface area (Å²) in [5.41, 5.74) is 6.23. The summed E-state index contributed by atoms with van der Waals surface area (Å²) < 4.78 is 94.7. The van der Waals surface area contributed by atoms with Crippen molar-refractivity contribution in [3.8, 4) is 11.5 Å². The first kappa shape index (κ1) is 49.1. The molecule has 0 bridgehead atoms. The zero-order chi connectivity index (χ0) is 46.8. The summed E-state index contributed by atoms with van der Waals surface area (Å²) in [4.78, 5) is 2.57. The van der Waals surface area contributed by atoms with Crippen molar-refractivity contribution in [3.05, 3.63) is 167 Å². The first-order valence-electron chi connectivity index (χ1n) is 20.2. The van der Waals surface area contributed by atoms with Crippen LogP contribution in [0.25, 0.3) is 0 Å². The second-order valence-corrected chi connectivity index (χ2v) is 24.9. The van der Waals surface area contributed by atoms with Crippen molar-refractivity contribution in [1.82, 2.24) is 0 Å². The molecular weight excluding hydrogens is 873 g/mol. The predicted molar refractivity (Wildman–Crippen MR) is 250 cm³/mol. The van der Waals surface area contributed by atoms with E-state index < -0.39 is 46.7 Å². The first-order chi connectivity index (χ1) is 29.0. The van der Waals surface area contributed by atoms with Gasteiger partial charge in [0.25, 0.3) is 0 Å². The van der Waals surface area contributed by atoms with Crippen molar-refractivity contribution in [2.75, 3.05) is 0 Å². The molecule has 0 saturated carbocycles. The molecule has 13 heteroatoms. The van der Waals surface area contributed by atoms with E-state index in [0.29, 0.717) is 6.07 Å². The minimum absolute atomic E-state index is 0.120. The maximum absolute atomic E-state index is 12.5. The average Bonchev–Trinajstić information content (AvgIpc) is 3.18. The van der Waals surface area contributed by atoms with E-state index in [1.54, 1.807) is 13.8 Å². The molecule has 0 aromatic heterocycles. The molecule has 6 aromatic rings. The van der Waals surface area contributed by atoms with Gasteiger partial charge in [-0.05, 0) is 120 Å². The van der Waals surface area contributed by atoms with Gasteiger partial charge in [0.1, 0.15) is 30.6 Å². The second kappa shape index (κ2) is 18.7. The Morgan fingerprint density at radius 3 is 1.05 bits per heavy atom. The Bertz CT molecular complexity index is 2710. The van der Waals surface area contributed by atoms with E-state index in [9.17, 15) is 29.8 Å². The average molecular weight is 929 g/mol. The van der Waals surface area contributed by atoms with Crippen LogP contribution in [0.5, 0.6) is 11.5 Å². The van der Waals surface area contributed by atoms with Crippen LogP contribution in [0.15, 0.2) is 169 Å². The molecule has 6 aromatic carbocycles. The fourth-order valence-corrected chi connectivity index (χ4v) is 10.8. The lowest BCUT2D eigenvalue weighted by atomic mass is 9.87. The molecule has 0 unspecified atom stereocenters. The van der Waals surface area contributed by atoms with Crippen LogP contribution in [0.2, 0.25) is 0 Å². The van der Waals surface area contributed by atoms with Crippen molar-refractivity contribution < 1.29 is 38.2 Å². The van der Waals surface area contributed by atoms with Gasteiger partial charge in [0.05, 0.1) is 10.9 Å². The summed E-state index contributed by atoms with van der Waals surface area (Å²) in [5.74, 6) is -1.30. The summed E-state index contributed by atoms with van der Waals surface area (Å²) in [6, 6.07) is 41.4. The third-order valence-electron chi connectivity index (χ3n) is 10.1. The molecule has 0 amide bonds. The predicted octanol–water partition coefficient (Wildman–Crippen LogP) is 11.4. The van der Waals surface area contributed by atoms with E-state index in [1.807, 2.05) is 0 Å². The summed E-state index contributed by atoms with van der Waals surface area (Å²) in [5, 5.41) is 0. The van der Waals surface area contributed by atoms with Crippen LogP contribution in [-0.2, 0) is 57.5 Å². The number of benzene rings is 6. The molecule has 0 atom stereocenters. The van der Waals surface area contributed by atoms with Gasteiger partial charge < -0.3 is 12.9 Å². The van der Waals surface area contributed by atoms with E-state index in [-0.39, 0.29) is 36.9 Å².